The molecule has 112 valence electrons. The van der Waals surface area contributed by atoms with E-state index in [9.17, 15) is 0 Å². The van der Waals surface area contributed by atoms with Crippen molar-refractivity contribution in [3.05, 3.63) is 64.1 Å². The summed E-state index contributed by atoms with van der Waals surface area (Å²) in [5.74, 6) is 0.914. The van der Waals surface area contributed by atoms with Gasteiger partial charge in [0.25, 0.3) is 0 Å². The van der Waals surface area contributed by atoms with Crippen molar-refractivity contribution in [3.8, 4) is 5.75 Å². The van der Waals surface area contributed by atoms with Crippen LogP contribution in [0, 0.1) is 0 Å². The average Bonchev–Trinajstić information content (AvgIpc) is 2.51. The maximum atomic E-state index is 5.89. The summed E-state index contributed by atoms with van der Waals surface area (Å²) in [5, 5.41) is 3.50. The summed E-state index contributed by atoms with van der Waals surface area (Å²) in [4.78, 5) is 0. The maximum Gasteiger partial charge on any atom is 0.120 e. The van der Waals surface area contributed by atoms with Gasteiger partial charge in [0.2, 0.25) is 0 Å². The lowest BCUT2D eigenvalue weighted by Gasteiger charge is -2.15. The first-order valence-electron chi connectivity index (χ1n) is 7.39. The zero-order chi connectivity index (χ0) is 15.1. The van der Waals surface area contributed by atoms with E-state index < -0.39 is 0 Å². The lowest BCUT2D eigenvalue weighted by atomic mass is 10.1. The molecule has 1 unspecified atom stereocenters. The van der Waals surface area contributed by atoms with Gasteiger partial charge in [0.05, 0.1) is 0 Å². The standard InChI is InChI=1S/C18H22BrNO/c1-3-10-20-14(2)16-7-5-9-18(12-16)21-13-15-6-4-8-17(19)11-15/h4-9,11-12,14,20H,3,10,13H2,1-2H3. The van der Waals surface area contributed by atoms with Crippen LogP contribution in [0.15, 0.2) is 53.0 Å². The zero-order valence-electron chi connectivity index (χ0n) is 12.6. The summed E-state index contributed by atoms with van der Waals surface area (Å²) in [7, 11) is 0. The molecular weight excluding hydrogens is 326 g/mol. The van der Waals surface area contributed by atoms with Crippen molar-refractivity contribution in [1.82, 2.24) is 5.32 Å². The molecule has 0 aliphatic carbocycles. The van der Waals surface area contributed by atoms with Gasteiger partial charge in [0.15, 0.2) is 0 Å². The van der Waals surface area contributed by atoms with Crippen molar-refractivity contribution in [3.63, 3.8) is 0 Å². The van der Waals surface area contributed by atoms with E-state index in [1.165, 1.54) is 5.56 Å². The van der Waals surface area contributed by atoms with E-state index in [-0.39, 0.29) is 0 Å². The van der Waals surface area contributed by atoms with E-state index in [1.54, 1.807) is 0 Å². The van der Waals surface area contributed by atoms with Crippen LogP contribution in [0.4, 0.5) is 0 Å². The molecule has 0 amide bonds. The number of nitrogens with one attached hydrogen (secondary N) is 1. The summed E-state index contributed by atoms with van der Waals surface area (Å²) in [5.41, 5.74) is 2.42. The number of rotatable bonds is 7. The van der Waals surface area contributed by atoms with Crippen molar-refractivity contribution >= 4 is 15.9 Å². The Balaban J connectivity index is 1.97. The second-order valence-electron chi connectivity index (χ2n) is 5.17. The van der Waals surface area contributed by atoms with Gasteiger partial charge in [-0.2, -0.15) is 0 Å². The Morgan fingerprint density at radius 1 is 1.14 bits per heavy atom. The van der Waals surface area contributed by atoms with Crippen LogP contribution < -0.4 is 10.1 Å². The first-order chi connectivity index (χ1) is 10.2. The third-order valence-electron chi connectivity index (χ3n) is 3.35. The molecule has 0 aliphatic heterocycles. The van der Waals surface area contributed by atoms with E-state index in [0.717, 1.165) is 28.8 Å². The summed E-state index contributed by atoms with van der Waals surface area (Å²) >= 11 is 3.48. The number of benzene rings is 2. The number of halogens is 1. The van der Waals surface area contributed by atoms with Crippen molar-refractivity contribution < 1.29 is 4.74 Å². The zero-order valence-corrected chi connectivity index (χ0v) is 14.2. The van der Waals surface area contributed by atoms with Gasteiger partial charge in [0, 0.05) is 10.5 Å². The molecular formula is C18H22BrNO. The molecule has 0 saturated heterocycles. The Labute approximate surface area is 135 Å². The van der Waals surface area contributed by atoms with Gasteiger partial charge in [-0.25, -0.2) is 0 Å². The molecule has 0 bridgehead atoms. The first-order valence-corrected chi connectivity index (χ1v) is 8.19. The summed E-state index contributed by atoms with van der Waals surface area (Å²) < 4.78 is 6.97. The average molecular weight is 348 g/mol. The van der Waals surface area contributed by atoms with Gasteiger partial charge in [-0.1, -0.05) is 47.1 Å². The van der Waals surface area contributed by atoms with E-state index in [1.807, 2.05) is 18.2 Å². The molecule has 2 aromatic rings. The van der Waals surface area contributed by atoms with Crippen LogP contribution in [0.3, 0.4) is 0 Å². The third kappa shape index (κ3) is 5.18. The van der Waals surface area contributed by atoms with Crippen LogP contribution in [-0.2, 0) is 6.61 Å². The topological polar surface area (TPSA) is 21.3 Å². The predicted octanol–water partition coefficient (Wildman–Crippen LogP) is 5.09. The van der Waals surface area contributed by atoms with Gasteiger partial charge < -0.3 is 10.1 Å². The van der Waals surface area contributed by atoms with E-state index in [4.69, 9.17) is 4.74 Å². The van der Waals surface area contributed by atoms with E-state index in [0.29, 0.717) is 12.6 Å². The van der Waals surface area contributed by atoms with Crippen molar-refractivity contribution in [2.24, 2.45) is 0 Å². The fourth-order valence-electron chi connectivity index (χ4n) is 2.15. The maximum absolute atomic E-state index is 5.89. The van der Waals surface area contributed by atoms with E-state index in [2.05, 4.69) is 65.4 Å². The monoisotopic (exact) mass is 347 g/mol. The molecule has 0 aliphatic rings. The molecule has 21 heavy (non-hydrogen) atoms. The van der Waals surface area contributed by atoms with Crippen LogP contribution in [-0.4, -0.2) is 6.54 Å². The number of hydrogen-bond donors (Lipinski definition) is 1. The fraction of sp³-hybridized carbons (Fsp3) is 0.333. The van der Waals surface area contributed by atoms with Crippen LogP contribution >= 0.6 is 15.9 Å². The highest BCUT2D eigenvalue weighted by molar-refractivity contribution is 9.10. The van der Waals surface area contributed by atoms with Crippen LogP contribution in [0.25, 0.3) is 0 Å². The lowest BCUT2D eigenvalue weighted by molar-refractivity contribution is 0.305. The van der Waals surface area contributed by atoms with Crippen LogP contribution in [0.5, 0.6) is 5.75 Å². The highest BCUT2D eigenvalue weighted by Crippen LogP contribution is 2.20. The molecule has 0 saturated carbocycles. The highest BCUT2D eigenvalue weighted by Gasteiger charge is 2.05. The van der Waals surface area contributed by atoms with E-state index >= 15 is 0 Å². The SMILES string of the molecule is CCCNC(C)c1cccc(OCc2cccc(Br)c2)c1. The smallest absolute Gasteiger partial charge is 0.120 e. The molecule has 3 heteroatoms. The quantitative estimate of drug-likeness (QED) is 0.753. The van der Waals surface area contributed by atoms with Gasteiger partial charge in [-0.15, -0.1) is 0 Å². The summed E-state index contributed by atoms with van der Waals surface area (Å²) in [6.45, 7) is 5.98. The minimum atomic E-state index is 0.347. The van der Waals surface area contributed by atoms with Crippen molar-refractivity contribution in [1.29, 1.82) is 0 Å². The molecule has 0 radical (unpaired) electrons. The normalized spacial score (nSPS) is 12.1. The molecule has 0 heterocycles. The third-order valence-corrected chi connectivity index (χ3v) is 3.85. The predicted molar refractivity (Wildman–Crippen MR) is 91.6 cm³/mol. The van der Waals surface area contributed by atoms with Crippen molar-refractivity contribution in [2.45, 2.75) is 32.9 Å². The molecule has 0 spiro atoms. The molecule has 2 nitrogen and oxygen atoms in total. The van der Waals surface area contributed by atoms with Crippen molar-refractivity contribution in [2.75, 3.05) is 6.54 Å². The summed E-state index contributed by atoms with van der Waals surface area (Å²) in [6.07, 6.45) is 1.14. The van der Waals surface area contributed by atoms with Gasteiger partial charge in [-0.3, -0.25) is 0 Å². The van der Waals surface area contributed by atoms with Crippen LogP contribution in [0.1, 0.15) is 37.4 Å². The highest BCUT2D eigenvalue weighted by atomic mass is 79.9. The Morgan fingerprint density at radius 3 is 2.71 bits per heavy atom. The van der Waals surface area contributed by atoms with Gasteiger partial charge in [0.1, 0.15) is 12.4 Å². The molecule has 0 aromatic heterocycles. The van der Waals surface area contributed by atoms with Crippen LogP contribution in [0.2, 0.25) is 0 Å². The summed E-state index contributed by atoms with van der Waals surface area (Å²) in [6, 6.07) is 16.9. The Kier molecular flexibility index (Phi) is 6.27. The second kappa shape index (κ2) is 8.20. The lowest BCUT2D eigenvalue weighted by Crippen LogP contribution is -2.19. The number of hydrogen-bond acceptors (Lipinski definition) is 2. The molecule has 2 rings (SSSR count). The largest absolute Gasteiger partial charge is 0.489 e. The fourth-order valence-corrected chi connectivity index (χ4v) is 2.59. The molecule has 1 atom stereocenters. The Bertz CT molecular complexity index is 571. The molecule has 1 N–H and O–H groups in total. The van der Waals surface area contributed by atoms with Gasteiger partial charge in [-0.05, 0) is 55.3 Å². The molecule has 2 aromatic carbocycles. The number of ether oxygens (including phenoxy) is 1. The molecule has 0 fully saturated rings. The first kappa shape index (κ1) is 16.1. The second-order valence-corrected chi connectivity index (χ2v) is 6.08. The Hall–Kier alpha value is -1.32. The van der Waals surface area contributed by atoms with Gasteiger partial charge >= 0.3 is 0 Å². The minimum absolute atomic E-state index is 0.347. The minimum Gasteiger partial charge on any atom is -0.489 e. The Morgan fingerprint density at radius 2 is 1.95 bits per heavy atom.